The van der Waals surface area contributed by atoms with Crippen molar-refractivity contribution < 1.29 is 4.79 Å². The lowest BCUT2D eigenvalue weighted by Gasteiger charge is -2.21. The van der Waals surface area contributed by atoms with Crippen molar-refractivity contribution in [2.45, 2.75) is 52.0 Å². The molecule has 0 aromatic rings. The van der Waals surface area contributed by atoms with Crippen LogP contribution in [0, 0.1) is 11.8 Å². The van der Waals surface area contributed by atoms with Crippen LogP contribution < -0.4 is 5.73 Å². The molecule has 0 spiro atoms. The molecule has 4 heteroatoms. The monoisotopic (exact) mass is 237 g/mol. The lowest BCUT2D eigenvalue weighted by molar-refractivity contribution is -0.134. The minimum atomic E-state index is 0.00440. The Labute approximate surface area is 103 Å². The highest BCUT2D eigenvalue weighted by Crippen LogP contribution is 2.37. The Morgan fingerprint density at radius 2 is 2.24 bits per heavy atom. The zero-order chi connectivity index (χ0) is 12.4. The van der Waals surface area contributed by atoms with Crippen molar-refractivity contribution in [2.75, 3.05) is 6.54 Å². The number of hydrogen-bond acceptors (Lipinski definition) is 3. The van der Waals surface area contributed by atoms with Gasteiger partial charge in [-0.25, -0.2) is 5.01 Å². The second-order valence-electron chi connectivity index (χ2n) is 5.19. The summed E-state index contributed by atoms with van der Waals surface area (Å²) in [4.78, 5) is 12.3. The molecule has 2 unspecified atom stereocenters. The molecule has 2 rings (SSSR count). The van der Waals surface area contributed by atoms with Crippen molar-refractivity contribution in [1.29, 1.82) is 0 Å². The normalized spacial score (nSPS) is 26.3. The molecule has 0 aromatic heterocycles. The van der Waals surface area contributed by atoms with Gasteiger partial charge < -0.3 is 5.73 Å². The molecule has 1 amide bonds. The molecule has 4 nitrogen and oxygen atoms in total. The standard InChI is InChI=1S/C13H23N3O/c1-3-12-11(5-4-8-14)13(17)16(15-12)9(2)10-6-7-10/h9-11H,3-8,14H2,1-2H3. The Morgan fingerprint density at radius 1 is 1.53 bits per heavy atom. The first-order valence-electron chi connectivity index (χ1n) is 6.79. The van der Waals surface area contributed by atoms with E-state index in [0.717, 1.165) is 25.0 Å². The van der Waals surface area contributed by atoms with E-state index >= 15 is 0 Å². The van der Waals surface area contributed by atoms with E-state index < -0.39 is 0 Å². The summed E-state index contributed by atoms with van der Waals surface area (Å²) in [5, 5.41) is 6.29. The summed E-state index contributed by atoms with van der Waals surface area (Å²) in [6.45, 7) is 4.85. The highest BCUT2D eigenvalue weighted by molar-refractivity contribution is 6.07. The maximum absolute atomic E-state index is 12.3. The van der Waals surface area contributed by atoms with Gasteiger partial charge in [0, 0.05) is 0 Å². The number of amides is 1. The maximum atomic E-state index is 12.3. The third kappa shape index (κ3) is 2.51. The van der Waals surface area contributed by atoms with E-state index in [2.05, 4.69) is 18.9 Å². The average Bonchev–Trinajstić information content (AvgIpc) is 3.12. The summed E-state index contributed by atoms with van der Waals surface area (Å²) < 4.78 is 0. The lowest BCUT2D eigenvalue weighted by atomic mass is 9.95. The molecule has 1 aliphatic heterocycles. The molecule has 1 saturated carbocycles. The van der Waals surface area contributed by atoms with Gasteiger partial charge in [0.05, 0.1) is 17.7 Å². The minimum absolute atomic E-state index is 0.00440. The zero-order valence-corrected chi connectivity index (χ0v) is 10.9. The number of nitrogens with two attached hydrogens (primary N) is 1. The fraction of sp³-hybridized carbons (Fsp3) is 0.846. The Kier molecular flexibility index (Phi) is 3.82. The fourth-order valence-corrected chi connectivity index (χ4v) is 2.56. The number of carbonyl (C=O) groups excluding carboxylic acids is 1. The smallest absolute Gasteiger partial charge is 0.251 e. The number of hydrogen-bond donors (Lipinski definition) is 1. The second-order valence-corrected chi connectivity index (χ2v) is 5.19. The van der Waals surface area contributed by atoms with Crippen LogP contribution in [0.1, 0.15) is 46.0 Å². The average molecular weight is 237 g/mol. The Morgan fingerprint density at radius 3 is 2.76 bits per heavy atom. The van der Waals surface area contributed by atoms with Crippen molar-refractivity contribution in [2.24, 2.45) is 22.7 Å². The van der Waals surface area contributed by atoms with Gasteiger partial charge >= 0.3 is 0 Å². The number of nitrogens with zero attached hydrogens (tertiary/aromatic N) is 2. The summed E-state index contributed by atoms with van der Waals surface area (Å²) in [5.41, 5.74) is 6.58. The van der Waals surface area contributed by atoms with Crippen LogP contribution in [0.5, 0.6) is 0 Å². The molecule has 96 valence electrons. The number of rotatable bonds is 6. The molecule has 0 saturated heterocycles. The van der Waals surface area contributed by atoms with Crippen LogP contribution in [-0.2, 0) is 4.79 Å². The van der Waals surface area contributed by atoms with Gasteiger partial charge in [-0.3, -0.25) is 4.79 Å². The van der Waals surface area contributed by atoms with Crippen molar-refractivity contribution >= 4 is 11.6 Å². The number of hydrazone groups is 1. The van der Waals surface area contributed by atoms with Gasteiger partial charge in [-0.2, -0.15) is 5.10 Å². The molecule has 2 atom stereocenters. The molecule has 1 aliphatic carbocycles. The molecule has 0 bridgehead atoms. The second kappa shape index (κ2) is 5.17. The van der Waals surface area contributed by atoms with Crippen molar-refractivity contribution in [1.82, 2.24) is 5.01 Å². The van der Waals surface area contributed by atoms with Crippen LogP contribution in [0.2, 0.25) is 0 Å². The van der Waals surface area contributed by atoms with Crippen LogP contribution in [0.15, 0.2) is 5.10 Å². The molecular weight excluding hydrogens is 214 g/mol. The van der Waals surface area contributed by atoms with E-state index in [1.54, 1.807) is 5.01 Å². The summed E-state index contributed by atoms with van der Waals surface area (Å²) in [6.07, 6.45) is 5.12. The van der Waals surface area contributed by atoms with Crippen LogP contribution in [0.25, 0.3) is 0 Å². The zero-order valence-electron chi connectivity index (χ0n) is 10.9. The molecule has 17 heavy (non-hydrogen) atoms. The van der Waals surface area contributed by atoms with E-state index in [9.17, 15) is 4.79 Å². The van der Waals surface area contributed by atoms with E-state index in [4.69, 9.17) is 5.73 Å². The third-order valence-corrected chi connectivity index (χ3v) is 3.91. The van der Waals surface area contributed by atoms with Crippen molar-refractivity contribution in [3.8, 4) is 0 Å². The summed E-state index contributed by atoms with van der Waals surface area (Å²) >= 11 is 0. The molecule has 1 fully saturated rings. The third-order valence-electron chi connectivity index (χ3n) is 3.91. The van der Waals surface area contributed by atoms with Crippen LogP contribution >= 0.6 is 0 Å². The van der Waals surface area contributed by atoms with Gasteiger partial charge in [-0.05, 0) is 51.5 Å². The maximum Gasteiger partial charge on any atom is 0.251 e. The molecule has 2 N–H and O–H groups in total. The highest BCUT2D eigenvalue weighted by Gasteiger charge is 2.41. The quantitative estimate of drug-likeness (QED) is 0.765. The van der Waals surface area contributed by atoms with E-state index in [0.29, 0.717) is 12.5 Å². The summed E-state index contributed by atoms with van der Waals surface area (Å²) in [7, 11) is 0. The topological polar surface area (TPSA) is 58.7 Å². The fourth-order valence-electron chi connectivity index (χ4n) is 2.56. The SMILES string of the molecule is CCC1=NN(C(C)C2CC2)C(=O)C1CCCN. The highest BCUT2D eigenvalue weighted by atomic mass is 16.2. The summed E-state index contributed by atoms with van der Waals surface area (Å²) in [6, 6.07) is 0.284. The first-order valence-corrected chi connectivity index (χ1v) is 6.79. The van der Waals surface area contributed by atoms with Gasteiger partial charge in [-0.15, -0.1) is 0 Å². The number of carbonyl (C=O) groups is 1. The van der Waals surface area contributed by atoms with Crippen molar-refractivity contribution in [3.05, 3.63) is 0 Å². The van der Waals surface area contributed by atoms with Gasteiger partial charge in [0.25, 0.3) is 5.91 Å². The van der Waals surface area contributed by atoms with E-state index in [-0.39, 0.29) is 17.9 Å². The molecule has 0 radical (unpaired) electrons. The lowest BCUT2D eigenvalue weighted by Crippen LogP contribution is -2.35. The Balaban J connectivity index is 2.04. The van der Waals surface area contributed by atoms with Crippen LogP contribution in [-0.4, -0.2) is 29.2 Å². The predicted octanol–water partition coefficient (Wildman–Crippen LogP) is 1.75. The molecule has 1 heterocycles. The van der Waals surface area contributed by atoms with Gasteiger partial charge in [0.2, 0.25) is 0 Å². The van der Waals surface area contributed by atoms with Crippen LogP contribution in [0.3, 0.4) is 0 Å². The molecule has 0 aromatic carbocycles. The molecular formula is C13H23N3O. The van der Waals surface area contributed by atoms with Gasteiger partial charge in [-0.1, -0.05) is 6.92 Å². The first-order chi connectivity index (χ1) is 8.19. The van der Waals surface area contributed by atoms with E-state index in [1.165, 1.54) is 12.8 Å². The van der Waals surface area contributed by atoms with Gasteiger partial charge in [0.1, 0.15) is 0 Å². The Hall–Kier alpha value is -0.900. The largest absolute Gasteiger partial charge is 0.330 e. The Bertz CT molecular complexity index is 323. The van der Waals surface area contributed by atoms with Crippen LogP contribution in [0.4, 0.5) is 0 Å². The summed E-state index contributed by atoms with van der Waals surface area (Å²) in [5.74, 6) is 0.883. The predicted molar refractivity (Wildman–Crippen MR) is 68.5 cm³/mol. The van der Waals surface area contributed by atoms with E-state index in [1.807, 2.05) is 0 Å². The van der Waals surface area contributed by atoms with Crippen molar-refractivity contribution in [3.63, 3.8) is 0 Å². The molecule has 2 aliphatic rings. The van der Waals surface area contributed by atoms with Gasteiger partial charge in [0.15, 0.2) is 0 Å². The first kappa shape index (κ1) is 12.6. The minimum Gasteiger partial charge on any atom is -0.330 e.